The first kappa shape index (κ1) is 15.3. The summed E-state index contributed by atoms with van der Waals surface area (Å²) in [7, 11) is 1.60. The summed E-state index contributed by atoms with van der Waals surface area (Å²) in [5, 5.41) is 0. The van der Waals surface area contributed by atoms with Crippen LogP contribution in [0.2, 0.25) is 0 Å². The molecule has 1 aliphatic rings. The highest BCUT2D eigenvalue weighted by molar-refractivity contribution is 9.10. The van der Waals surface area contributed by atoms with Crippen LogP contribution in [0.15, 0.2) is 22.7 Å². The molecular formula is C14H17BrN2O2S. The van der Waals surface area contributed by atoms with Crippen LogP contribution in [0.25, 0.3) is 0 Å². The summed E-state index contributed by atoms with van der Waals surface area (Å²) in [5.41, 5.74) is 6.34. The van der Waals surface area contributed by atoms with E-state index in [1.165, 1.54) is 0 Å². The third-order valence-corrected chi connectivity index (χ3v) is 4.46. The van der Waals surface area contributed by atoms with E-state index in [9.17, 15) is 4.79 Å². The van der Waals surface area contributed by atoms with Gasteiger partial charge in [-0.2, -0.15) is 0 Å². The predicted octanol–water partition coefficient (Wildman–Crippen LogP) is 2.60. The summed E-state index contributed by atoms with van der Waals surface area (Å²) in [4.78, 5) is 14.8. The van der Waals surface area contributed by atoms with Crippen molar-refractivity contribution in [1.82, 2.24) is 4.90 Å². The number of likely N-dealkylation sites (tertiary alicyclic amines) is 1. The van der Waals surface area contributed by atoms with E-state index in [0.717, 1.165) is 23.9 Å². The highest BCUT2D eigenvalue weighted by Crippen LogP contribution is 2.27. The van der Waals surface area contributed by atoms with Gasteiger partial charge in [0.1, 0.15) is 5.75 Å². The van der Waals surface area contributed by atoms with E-state index in [2.05, 4.69) is 15.9 Å². The molecule has 1 fully saturated rings. The van der Waals surface area contributed by atoms with Crippen LogP contribution >= 0.6 is 28.1 Å². The van der Waals surface area contributed by atoms with Gasteiger partial charge < -0.3 is 15.4 Å². The van der Waals surface area contributed by atoms with Gasteiger partial charge in [0.05, 0.1) is 16.6 Å². The number of nitrogens with zero attached hydrogens (tertiary/aromatic N) is 1. The van der Waals surface area contributed by atoms with Gasteiger partial charge in [-0.25, -0.2) is 0 Å². The third-order valence-electron chi connectivity index (χ3n) is 3.51. The molecule has 1 aromatic rings. The van der Waals surface area contributed by atoms with Gasteiger partial charge in [0.25, 0.3) is 5.91 Å². The van der Waals surface area contributed by atoms with Gasteiger partial charge >= 0.3 is 0 Å². The molecule has 1 heterocycles. The molecule has 0 bridgehead atoms. The predicted molar refractivity (Wildman–Crippen MR) is 86.1 cm³/mol. The van der Waals surface area contributed by atoms with Gasteiger partial charge in [0.2, 0.25) is 0 Å². The Labute approximate surface area is 132 Å². The molecule has 2 N–H and O–H groups in total. The highest BCUT2D eigenvalue weighted by atomic mass is 79.9. The van der Waals surface area contributed by atoms with Crippen LogP contribution in [-0.4, -0.2) is 36.0 Å². The lowest BCUT2D eigenvalue weighted by atomic mass is 9.97. The fourth-order valence-electron chi connectivity index (χ4n) is 2.38. The minimum absolute atomic E-state index is 0.00861. The summed E-state index contributed by atoms with van der Waals surface area (Å²) < 4.78 is 5.94. The molecule has 0 radical (unpaired) electrons. The molecule has 108 valence electrons. The van der Waals surface area contributed by atoms with Crippen molar-refractivity contribution in [3.63, 3.8) is 0 Å². The van der Waals surface area contributed by atoms with E-state index < -0.39 is 0 Å². The summed E-state index contributed by atoms with van der Waals surface area (Å²) in [6.07, 6.45) is 1.90. The van der Waals surface area contributed by atoms with Gasteiger partial charge in [0.15, 0.2) is 0 Å². The van der Waals surface area contributed by atoms with Crippen LogP contribution < -0.4 is 10.5 Å². The lowest BCUT2D eigenvalue weighted by Gasteiger charge is -2.32. The molecule has 1 saturated heterocycles. The number of carbonyl (C=O) groups is 1. The van der Waals surface area contributed by atoms with Gasteiger partial charge in [-0.15, -0.1) is 0 Å². The first-order chi connectivity index (χ1) is 9.52. The van der Waals surface area contributed by atoms with Crippen molar-refractivity contribution in [3.8, 4) is 5.75 Å². The van der Waals surface area contributed by atoms with Gasteiger partial charge in [0, 0.05) is 24.6 Å². The number of halogens is 1. The minimum Gasteiger partial charge on any atom is -0.496 e. The molecule has 0 aliphatic carbocycles. The Morgan fingerprint density at radius 1 is 1.55 bits per heavy atom. The van der Waals surface area contributed by atoms with Gasteiger partial charge in [-0.3, -0.25) is 4.79 Å². The van der Waals surface area contributed by atoms with Crippen LogP contribution in [0.4, 0.5) is 0 Å². The lowest BCUT2D eigenvalue weighted by Crippen LogP contribution is -2.43. The van der Waals surface area contributed by atoms with Crippen LogP contribution in [0.3, 0.4) is 0 Å². The summed E-state index contributed by atoms with van der Waals surface area (Å²) in [6, 6.07) is 5.34. The largest absolute Gasteiger partial charge is 0.496 e. The lowest BCUT2D eigenvalue weighted by molar-refractivity contribution is 0.0703. The number of ether oxygens (including phenoxy) is 1. The molecule has 1 amide bonds. The highest BCUT2D eigenvalue weighted by Gasteiger charge is 2.26. The first-order valence-electron chi connectivity index (χ1n) is 6.45. The van der Waals surface area contributed by atoms with Crippen LogP contribution in [-0.2, 0) is 0 Å². The maximum atomic E-state index is 12.5. The number of hydrogen-bond acceptors (Lipinski definition) is 3. The maximum Gasteiger partial charge on any atom is 0.253 e. The number of piperidine rings is 1. The molecule has 4 nitrogen and oxygen atoms in total. The number of nitrogens with two attached hydrogens (primary N) is 1. The fourth-order valence-corrected chi connectivity index (χ4v) is 3.11. The molecule has 20 heavy (non-hydrogen) atoms. The molecule has 1 unspecified atom stereocenters. The first-order valence-corrected chi connectivity index (χ1v) is 7.65. The SMILES string of the molecule is COc1ccc(C(=O)N2CCCC(C(N)=S)C2)cc1Br. The molecule has 1 atom stereocenters. The van der Waals surface area contributed by atoms with Crippen molar-refractivity contribution in [2.45, 2.75) is 12.8 Å². The molecule has 6 heteroatoms. The minimum atomic E-state index is 0.00861. The van der Waals surface area contributed by atoms with Gasteiger partial charge in [-0.1, -0.05) is 12.2 Å². The number of carbonyl (C=O) groups excluding carboxylic acids is 1. The monoisotopic (exact) mass is 356 g/mol. The van der Waals surface area contributed by atoms with E-state index in [1.54, 1.807) is 25.3 Å². The zero-order valence-electron chi connectivity index (χ0n) is 11.3. The van der Waals surface area contributed by atoms with E-state index in [-0.39, 0.29) is 11.8 Å². The summed E-state index contributed by atoms with van der Waals surface area (Å²) >= 11 is 8.44. The molecule has 2 rings (SSSR count). The van der Waals surface area contributed by atoms with Gasteiger partial charge in [-0.05, 0) is 47.0 Å². The summed E-state index contributed by atoms with van der Waals surface area (Å²) in [6.45, 7) is 1.36. The van der Waals surface area contributed by atoms with E-state index in [1.807, 2.05) is 4.90 Å². The van der Waals surface area contributed by atoms with Crippen LogP contribution in [0.1, 0.15) is 23.2 Å². The molecule has 0 spiro atoms. The second kappa shape index (κ2) is 6.54. The van der Waals surface area contributed by atoms with Crippen molar-refractivity contribution in [2.24, 2.45) is 11.7 Å². The quantitative estimate of drug-likeness (QED) is 0.845. The van der Waals surface area contributed by atoms with Crippen molar-refractivity contribution >= 4 is 39.0 Å². The number of hydrogen-bond donors (Lipinski definition) is 1. The second-order valence-electron chi connectivity index (χ2n) is 4.84. The van der Waals surface area contributed by atoms with Crippen molar-refractivity contribution in [3.05, 3.63) is 28.2 Å². The zero-order chi connectivity index (χ0) is 14.7. The zero-order valence-corrected chi connectivity index (χ0v) is 13.7. The van der Waals surface area contributed by atoms with E-state index in [4.69, 9.17) is 22.7 Å². The topological polar surface area (TPSA) is 55.6 Å². The number of rotatable bonds is 3. The normalized spacial score (nSPS) is 18.7. The fraction of sp³-hybridized carbons (Fsp3) is 0.429. The molecular weight excluding hydrogens is 340 g/mol. The van der Waals surface area contributed by atoms with E-state index in [0.29, 0.717) is 22.8 Å². The number of benzene rings is 1. The standard InChI is InChI=1S/C14H17BrN2O2S/c1-19-12-5-4-9(7-11(12)15)14(18)17-6-2-3-10(8-17)13(16)20/h4-5,7,10H,2-3,6,8H2,1H3,(H2,16,20). The average molecular weight is 357 g/mol. The van der Waals surface area contributed by atoms with Crippen LogP contribution in [0.5, 0.6) is 5.75 Å². The van der Waals surface area contributed by atoms with E-state index >= 15 is 0 Å². The Hall–Kier alpha value is -1.14. The number of amides is 1. The molecule has 1 aromatic carbocycles. The number of methoxy groups -OCH3 is 1. The Bertz CT molecular complexity index is 536. The Kier molecular flexibility index (Phi) is 4.99. The van der Waals surface area contributed by atoms with Crippen molar-refractivity contribution < 1.29 is 9.53 Å². The average Bonchev–Trinajstić information content (AvgIpc) is 2.46. The third kappa shape index (κ3) is 3.30. The van der Waals surface area contributed by atoms with Crippen LogP contribution in [0, 0.1) is 5.92 Å². The second-order valence-corrected chi connectivity index (χ2v) is 6.17. The van der Waals surface area contributed by atoms with Crippen molar-refractivity contribution in [2.75, 3.05) is 20.2 Å². The Morgan fingerprint density at radius 3 is 2.90 bits per heavy atom. The maximum absolute atomic E-state index is 12.5. The smallest absolute Gasteiger partial charge is 0.253 e. The summed E-state index contributed by atoms with van der Waals surface area (Å²) in [5.74, 6) is 0.847. The molecule has 0 saturated carbocycles. The molecule has 1 aliphatic heterocycles. The molecule has 0 aromatic heterocycles. The van der Waals surface area contributed by atoms with Crippen molar-refractivity contribution in [1.29, 1.82) is 0 Å². The Morgan fingerprint density at radius 2 is 2.30 bits per heavy atom. The number of thiocarbonyl (C=S) groups is 1. The Balaban J connectivity index is 2.14.